The molecule has 3 heteroatoms. The average Bonchev–Trinajstić information content (AvgIpc) is 3.35. The first-order valence-electron chi connectivity index (χ1n) is 11.2. The summed E-state index contributed by atoms with van der Waals surface area (Å²) >= 11 is 6.64. The Bertz CT molecular complexity index is 1110. The van der Waals surface area contributed by atoms with Crippen LogP contribution in [0.1, 0.15) is 63.4 Å². The summed E-state index contributed by atoms with van der Waals surface area (Å²) in [5.74, 6) is -0.218. The Morgan fingerprint density at radius 2 is 1.31 bits per heavy atom. The molecule has 0 bridgehead atoms. The molecule has 0 heterocycles. The van der Waals surface area contributed by atoms with E-state index in [0.29, 0.717) is 10.6 Å². The van der Waals surface area contributed by atoms with Crippen molar-refractivity contribution in [2.75, 3.05) is 0 Å². The van der Waals surface area contributed by atoms with Gasteiger partial charge in [0, 0.05) is 39.0 Å². The predicted molar refractivity (Wildman–Crippen MR) is 131 cm³/mol. The van der Waals surface area contributed by atoms with Gasteiger partial charge in [0.05, 0.1) is 0 Å². The molecule has 4 rings (SSSR count). The van der Waals surface area contributed by atoms with Crippen LogP contribution in [0.3, 0.4) is 0 Å². The maximum Gasteiger partial charge on any atom is 0.185 e. The van der Waals surface area contributed by atoms with Gasteiger partial charge in [-0.05, 0) is 22.5 Å². The van der Waals surface area contributed by atoms with E-state index in [0.717, 1.165) is 16.7 Å². The minimum absolute atomic E-state index is 0.0892. The Morgan fingerprint density at radius 1 is 0.812 bits per heavy atom. The smallest absolute Gasteiger partial charge is 0.185 e. The highest BCUT2D eigenvalue weighted by Gasteiger charge is 2.68. The number of ketones is 2. The van der Waals surface area contributed by atoms with Crippen LogP contribution < -0.4 is 0 Å². The summed E-state index contributed by atoms with van der Waals surface area (Å²) in [6, 6.07) is 17.2. The van der Waals surface area contributed by atoms with Crippen molar-refractivity contribution in [3.63, 3.8) is 0 Å². The van der Waals surface area contributed by atoms with Gasteiger partial charge in [0.15, 0.2) is 11.6 Å². The molecule has 1 spiro atoms. The number of hydrogen-bond acceptors (Lipinski definition) is 2. The quantitative estimate of drug-likeness (QED) is 0.458. The molecule has 2 nitrogen and oxygen atoms in total. The molecule has 0 aliphatic heterocycles. The minimum atomic E-state index is -0.558. The summed E-state index contributed by atoms with van der Waals surface area (Å²) in [5, 5.41) is 0.661. The molecule has 2 aliphatic carbocycles. The van der Waals surface area contributed by atoms with Gasteiger partial charge in [0.2, 0.25) is 0 Å². The van der Waals surface area contributed by atoms with E-state index in [-0.39, 0.29) is 34.2 Å². The van der Waals surface area contributed by atoms with Gasteiger partial charge in [0.1, 0.15) is 0 Å². The molecule has 32 heavy (non-hydrogen) atoms. The number of carbonyl (C=O) groups is 2. The third-order valence-corrected chi connectivity index (χ3v) is 7.12. The van der Waals surface area contributed by atoms with Crippen LogP contribution in [-0.2, 0) is 4.79 Å². The predicted octanol–water partition coefficient (Wildman–Crippen LogP) is 7.45. The SMILES string of the molecule is CC(C)(C)C1=CC2(C=C(C(C)(C)C)C1=O)[C@H](C(=O)c1ccccc1)[C@H]2c1ccccc1Cl. The van der Waals surface area contributed by atoms with Gasteiger partial charge in [-0.2, -0.15) is 0 Å². The summed E-state index contributed by atoms with van der Waals surface area (Å²) in [4.78, 5) is 27.3. The van der Waals surface area contributed by atoms with Gasteiger partial charge in [-0.1, -0.05) is 114 Å². The molecule has 0 amide bonds. The zero-order valence-electron chi connectivity index (χ0n) is 19.7. The fourth-order valence-electron chi connectivity index (χ4n) is 5.05. The lowest BCUT2D eigenvalue weighted by molar-refractivity contribution is -0.114. The van der Waals surface area contributed by atoms with Gasteiger partial charge in [-0.3, -0.25) is 9.59 Å². The molecule has 0 N–H and O–H groups in total. The lowest BCUT2D eigenvalue weighted by Gasteiger charge is -2.34. The minimum Gasteiger partial charge on any atom is -0.294 e. The summed E-state index contributed by atoms with van der Waals surface area (Å²) in [7, 11) is 0. The molecular weight excluding hydrogens is 416 g/mol. The second kappa shape index (κ2) is 7.56. The molecule has 1 saturated carbocycles. The van der Waals surface area contributed by atoms with Crippen LogP contribution in [0.5, 0.6) is 0 Å². The first-order valence-corrected chi connectivity index (χ1v) is 11.6. The van der Waals surface area contributed by atoms with E-state index in [1.54, 1.807) is 0 Å². The van der Waals surface area contributed by atoms with Crippen molar-refractivity contribution in [2.24, 2.45) is 22.2 Å². The van der Waals surface area contributed by atoms with Crippen LogP contribution >= 0.6 is 11.6 Å². The molecule has 0 aromatic heterocycles. The molecule has 2 atom stereocenters. The number of benzene rings is 2. The molecule has 1 fully saturated rings. The highest BCUT2D eigenvalue weighted by molar-refractivity contribution is 6.31. The molecule has 0 radical (unpaired) electrons. The van der Waals surface area contributed by atoms with Gasteiger partial charge in [-0.25, -0.2) is 0 Å². The van der Waals surface area contributed by atoms with Crippen molar-refractivity contribution >= 4 is 23.2 Å². The fourth-order valence-corrected chi connectivity index (χ4v) is 5.31. The van der Waals surface area contributed by atoms with Gasteiger partial charge < -0.3 is 0 Å². The van der Waals surface area contributed by atoms with Crippen LogP contribution in [0.4, 0.5) is 0 Å². The Morgan fingerprint density at radius 3 is 1.81 bits per heavy atom. The molecule has 166 valence electrons. The number of allylic oxidation sites excluding steroid dienone is 4. The Kier molecular flexibility index (Phi) is 5.37. The number of halogens is 1. The van der Waals surface area contributed by atoms with E-state index in [2.05, 4.69) is 53.7 Å². The maximum atomic E-state index is 13.8. The maximum absolute atomic E-state index is 13.8. The van der Waals surface area contributed by atoms with Crippen molar-refractivity contribution in [3.05, 3.63) is 94.0 Å². The van der Waals surface area contributed by atoms with Crippen molar-refractivity contribution < 1.29 is 9.59 Å². The van der Waals surface area contributed by atoms with Crippen LogP contribution in [-0.4, -0.2) is 11.6 Å². The van der Waals surface area contributed by atoms with E-state index in [4.69, 9.17) is 11.6 Å². The standard InChI is InChI=1S/C29H31ClO2/c1-27(2,3)20-16-29(17-21(26(20)32)28(4,5)6)23(19-14-10-11-15-22(19)30)24(29)25(31)18-12-8-7-9-13-18/h7-17,23-24H,1-6H3/t23-,24+/m1/s1. The summed E-state index contributed by atoms with van der Waals surface area (Å²) < 4.78 is 0. The normalized spacial score (nSPS) is 22.4. The number of hydrogen-bond donors (Lipinski definition) is 0. The van der Waals surface area contributed by atoms with E-state index in [1.165, 1.54) is 0 Å². The zero-order chi connectivity index (χ0) is 23.5. The third-order valence-electron chi connectivity index (χ3n) is 6.78. The topological polar surface area (TPSA) is 34.1 Å². The largest absolute Gasteiger partial charge is 0.294 e. The second-order valence-electron chi connectivity index (χ2n) is 11.2. The third kappa shape index (κ3) is 3.69. The number of Topliss-reactive ketones (excluding diaryl/α,β-unsaturated/α-hetero) is 2. The highest BCUT2D eigenvalue weighted by Crippen LogP contribution is 2.71. The average molecular weight is 447 g/mol. The van der Waals surface area contributed by atoms with Gasteiger partial charge >= 0.3 is 0 Å². The van der Waals surface area contributed by atoms with E-state index in [9.17, 15) is 9.59 Å². The lowest BCUT2D eigenvalue weighted by Crippen LogP contribution is -2.31. The van der Waals surface area contributed by atoms with Crippen molar-refractivity contribution in [2.45, 2.75) is 47.5 Å². The van der Waals surface area contributed by atoms with Crippen molar-refractivity contribution in [3.8, 4) is 0 Å². The summed E-state index contributed by atoms with van der Waals surface area (Å²) in [6.45, 7) is 12.4. The summed E-state index contributed by atoms with van der Waals surface area (Å²) in [6.07, 6.45) is 4.17. The Balaban J connectivity index is 1.96. The van der Waals surface area contributed by atoms with Crippen LogP contribution in [0.2, 0.25) is 5.02 Å². The number of carbonyl (C=O) groups excluding carboxylic acids is 2. The van der Waals surface area contributed by atoms with E-state index < -0.39 is 5.41 Å². The molecular formula is C29H31ClO2. The molecule has 2 aliphatic rings. The van der Waals surface area contributed by atoms with Crippen LogP contribution in [0.15, 0.2) is 77.9 Å². The monoisotopic (exact) mass is 446 g/mol. The fraction of sp³-hybridized carbons (Fsp3) is 0.379. The number of rotatable bonds is 3. The zero-order valence-corrected chi connectivity index (χ0v) is 20.5. The van der Waals surface area contributed by atoms with E-state index >= 15 is 0 Å². The summed E-state index contributed by atoms with van der Waals surface area (Å²) in [5.41, 5.74) is 2.00. The molecule has 0 unspecified atom stereocenters. The first-order chi connectivity index (χ1) is 14.9. The van der Waals surface area contributed by atoms with Gasteiger partial charge in [-0.15, -0.1) is 0 Å². The molecule has 0 saturated heterocycles. The second-order valence-corrected chi connectivity index (χ2v) is 11.6. The first kappa shape index (κ1) is 22.7. The van der Waals surface area contributed by atoms with Crippen LogP contribution in [0, 0.1) is 22.2 Å². The van der Waals surface area contributed by atoms with Crippen molar-refractivity contribution in [1.82, 2.24) is 0 Å². The van der Waals surface area contributed by atoms with Crippen molar-refractivity contribution in [1.29, 1.82) is 0 Å². The highest BCUT2D eigenvalue weighted by atomic mass is 35.5. The lowest BCUT2D eigenvalue weighted by atomic mass is 9.69. The van der Waals surface area contributed by atoms with Gasteiger partial charge in [0.25, 0.3) is 0 Å². The Labute approximate surface area is 196 Å². The Hall–Kier alpha value is -2.45. The van der Waals surface area contributed by atoms with E-state index in [1.807, 2.05) is 54.6 Å². The molecule has 2 aromatic carbocycles. The van der Waals surface area contributed by atoms with Crippen LogP contribution in [0.25, 0.3) is 0 Å². The molecule has 2 aromatic rings.